The SMILES string of the molecule is C[C@@H](O)[C@@H]1[NH2+][C@]2(C(=O)Nc3ccccc32)[C@@H]2C(=O)N(c3ccc(F)cc3)C(=O)[C@H]12. The highest BCUT2D eigenvalue weighted by atomic mass is 19.1. The summed E-state index contributed by atoms with van der Waals surface area (Å²) in [7, 11) is 0. The van der Waals surface area contributed by atoms with Gasteiger partial charge in [0.25, 0.3) is 5.91 Å². The molecule has 3 aliphatic rings. The number of imide groups is 1. The van der Waals surface area contributed by atoms with Crippen LogP contribution in [0.1, 0.15) is 12.5 Å². The number of nitrogens with one attached hydrogen (secondary N) is 1. The highest BCUT2D eigenvalue weighted by Gasteiger charge is 2.75. The molecular weight excluding hydrogens is 377 g/mol. The second-order valence-electron chi connectivity index (χ2n) is 7.85. The molecule has 4 N–H and O–H groups in total. The second kappa shape index (κ2) is 5.95. The molecule has 29 heavy (non-hydrogen) atoms. The van der Waals surface area contributed by atoms with Crippen molar-refractivity contribution in [2.24, 2.45) is 11.8 Å². The number of hydrogen-bond acceptors (Lipinski definition) is 4. The van der Waals surface area contributed by atoms with Gasteiger partial charge in [-0.15, -0.1) is 0 Å². The number of aliphatic hydroxyl groups is 1. The third-order valence-corrected chi connectivity index (χ3v) is 6.35. The molecule has 0 bridgehead atoms. The zero-order valence-electron chi connectivity index (χ0n) is 15.5. The molecule has 7 nitrogen and oxygen atoms in total. The Balaban J connectivity index is 1.68. The lowest BCUT2D eigenvalue weighted by molar-refractivity contribution is -0.738. The van der Waals surface area contributed by atoms with Gasteiger partial charge in [-0.2, -0.15) is 0 Å². The minimum Gasteiger partial charge on any atom is -0.387 e. The van der Waals surface area contributed by atoms with Gasteiger partial charge in [-0.1, -0.05) is 18.2 Å². The number of halogens is 1. The fraction of sp³-hybridized carbons (Fsp3) is 0.286. The number of fused-ring (bicyclic) bond motifs is 4. The van der Waals surface area contributed by atoms with Crippen LogP contribution in [0.2, 0.25) is 0 Å². The van der Waals surface area contributed by atoms with Gasteiger partial charge < -0.3 is 15.7 Å². The molecule has 0 radical (unpaired) electrons. The minimum absolute atomic E-state index is 0.252. The highest BCUT2D eigenvalue weighted by molar-refractivity contribution is 6.25. The van der Waals surface area contributed by atoms with Crippen LogP contribution in [-0.2, 0) is 19.9 Å². The van der Waals surface area contributed by atoms with Gasteiger partial charge in [0.1, 0.15) is 29.8 Å². The van der Waals surface area contributed by atoms with Crippen molar-refractivity contribution in [3.8, 4) is 0 Å². The van der Waals surface area contributed by atoms with Crippen molar-refractivity contribution in [2.45, 2.75) is 24.6 Å². The van der Waals surface area contributed by atoms with E-state index in [9.17, 15) is 23.9 Å². The second-order valence-corrected chi connectivity index (χ2v) is 7.85. The minimum atomic E-state index is -1.33. The predicted molar refractivity (Wildman–Crippen MR) is 100 cm³/mol. The Kier molecular flexibility index (Phi) is 3.68. The summed E-state index contributed by atoms with van der Waals surface area (Å²) in [6.07, 6.45) is -0.924. The van der Waals surface area contributed by atoms with Crippen LogP contribution >= 0.6 is 0 Å². The lowest BCUT2D eigenvalue weighted by Crippen LogP contribution is -3.00. The maximum Gasteiger partial charge on any atom is 0.291 e. The van der Waals surface area contributed by atoms with Gasteiger partial charge in [-0.25, -0.2) is 9.29 Å². The first-order chi connectivity index (χ1) is 13.9. The Labute approximate surface area is 165 Å². The Bertz CT molecular complexity index is 1050. The number of benzene rings is 2. The van der Waals surface area contributed by atoms with Crippen molar-refractivity contribution in [2.75, 3.05) is 10.2 Å². The molecule has 5 atom stereocenters. The number of nitrogens with two attached hydrogens (primary N) is 1. The summed E-state index contributed by atoms with van der Waals surface area (Å²) in [5, 5.41) is 14.9. The number of para-hydroxylation sites is 1. The average molecular weight is 396 g/mol. The summed E-state index contributed by atoms with van der Waals surface area (Å²) in [5.41, 5.74) is 0.149. The Morgan fingerprint density at radius 1 is 1.10 bits per heavy atom. The fourth-order valence-electron chi connectivity index (χ4n) is 5.13. The van der Waals surface area contributed by atoms with Gasteiger partial charge in [0.15, 0.2) is 0 Å². The Hall–Kier alpha value is -3.10. The molecule has 3 heterocycles. The summed E-state index contributed by atoms with van der Waals surface area (Å²) >= 11 is 0. The van der Waals surface area contributed by atoms with E-state index in [1.807, 2.05) is 0 Å². The third kappa shape index (κ3) is 2.21. The molecule has 8 heteroatoms. The van der Waals surface area contributed by atoms with Gasteiger partial charge >= 0.3 is 0 Å². The largest absolute Gasteiger partial charge is 0.387 e. The zero-order valence-corrected chi connectivity index (χ0v) is 15.5. The quantitative estimate of drug-likeness (QED) is 0.627. The molecule has 148 valence electrons. The van der Waals surface area contributed by atoms with Crippen LogP contribution in [-0.4, -0.2) is 35.0 Å². The molecule has 0 aliphatic carbocycles. The van der Waals surface area contributed by atoms with Gasteiger partial charge in [0.05, 0.1) is 11.4 Å². The fourth-order valence-corrected chi connectivity index (χ4v) is 5.13. The number of anilines is 2. The molecule has 2 aromatic rings. The molecule has 5 rings (SSSR count). The molecule has 3 amide bonds. The summed E-state index contributed by atoms with van der Waals surface area (Å²) in [5.74, 6) is -3.70. The maximum absolute atomic E-state index is 13.5. The Morgan fingerprint density at radius 2 is 1.79 bits per heavy atom. The van der Waals surface area contributed by atoms with E-state index in [0.29, 0.717) is 11.3 Å². The zero-order chi connectivity index (χ0) is 20.5. The van der Waals surface area contributed by atoms with Crippen molar-refractivity contribution < 1.29 is 29.2 Å². The summed E-state index contributed by atoms with van der Waals surface area (Å²) < 4.78 is 13.3. The number of amides is 3. The summed E-state index contributed by atoms with van der Waals surface area (Å²) in [4.78, 5) is 41.0. The topological polar surface area (TPSA) is 103 Å². The third-order valence-electron chi connectivity index (χ3n) is 6.35. The van der Waals surface area contributed by atoms with Gasteiger partial charge in [0.2, 0.25) is 17.4 Å². The van der Waals surface area contributed by atoms with E-state index in [4.69, 9.17) is 0 Å². The van der Waals surface area contributed by atoms with Gasteiger partial charge in [0, 0.05) is 5.56 Å². The van der Waals surface area contributed by atoms with Crippen LogP contribution in [0.25, 0.3) is 0 Å². The first kappa shape index (κ1) is 18.0. The van der Waals surface area contributed by atoms with Gasteiger partial charge in [-0.3, -0.25) is 14.4 Å². The van der Waals surface area contributed by atoms with Crippen LogP contribution in [0.4, 0.5) is 15.8 Å². The van der Waals surface area contributed by atoms with Crippen molar-refractivity contribution in [3.05, 3.63) is 59.9 Å². The molecule has 2 aromatic carbocycles. The number of carbonyl (C=O) groups is 3. The molecule has 2 fully saturated rings. The molecule has 0 saturated carbocycles. The Morgan fingerprint density at radius 3 is 2.48 bits per heavy atom. The van der Waals surface area contributed by atoms with E-state index in [0.717, 1.165) is 4.90 Å². The smallest absolute Gasteiger partial charge is 0.291 e. The molecule has 1 spiro atoms. The van der Waals surface area contributed by atoms with Gasteiger partial charge in [-0.05, 0) is 37.3 Å². The lowest BCUT2D eigenvalue weighted by Gasteiger charge is -2.27. The van der Waals surface area contributed by atoms with Crippen LogP contribution in [0.15, 0.2) is 48.5 Å². The van der Waals surface area contributed by atoms with E-state index in [1.165, 1.54) is 24.3 Å². The van der Waals surface area contributed by atoms with Crippen molar-refractivity contribution >= 4 is 29.1 Å². The summed E-state index contributed by atoms with van der Waals surface area (Å²) in [6, 6.07) is 11.5. The number of carbonyl (C=O) groups excluding carboxylic acids is 3. The van der Waals surface area contributed by atoms with Crippen LogP contribution in [0, 0.1) is 17.7 Å². The van der Waals surface area contributed by atoms with Crippen LogP contribution in [0.5, 0.6) is 0 Å². The normalized spacial score (nSPS) is 31.2. The first-order valence-corrected chi connectivity index (χ1v) is 9.44. The number of nitrogens with zero attached hydrogens (tertiary/aromatic N) is 1. The van der Waals surface area contributed by atoms with E-state index >= 15 is 0 Å². The predicted octanol–water partition coefficient (Wildman–Crippen LogP) is 0.105. The van der Waals surface area contributed by atoms with Crippen LogP contribution < -0.4 is 15.5 Å². The highest BCUT2D eigenvalue weighted by Crippen LogP contribution is 2.50. The maximum atomic E-state index is 13.5. The van der Waals surface area contributed by atoms with E-state index in [2.05, 4.69) is 5.32 Å². The standard InChI is InChI=1S/C21H18FN3O4/c1-10(26)17-15-16(19(28)25(18(15)27)12-8-6-11(22)7-9-12)21(24-17)13-4-2-3-5-14(13)23-20(21)29/h2-10,15-17,24,26H,1H3,(H,23,29)/p+1/t10-,15+,16+,17+,21+/m1/s1. The molecule has 0 unspecified atom stereocenters. The van der Waals surface area contributed by atoms with E-state index < -0.39 is 47.2 Å². The number of aliphatic hydroxyl groups excluding tert-OH is 1. The van der Waals surface area contributed by atoms with Crippen LogP contribution in [0.3, 0.4) is 0 Å². The number of rotatable bonds is 2. The van der Waals surface area contributed by atoms with E-state index in [1.54, 1.807) is 36.5 Å². The monoisotopic (exact) mass is 396 g/mol. The molecule has 2 saturated heterocycles. The van der Waals surface area contributed by atoms with Crippen molar-refractivity contribution in [3.63, 3.8) is 0 Å². The van der Waals surface area contributed by atoms with E-state index in [-0.39, 0.29) is 11.6 Å². The molecule has 3 aliphatic heterocycles. The lowest BCUT2D eigenvalue weighted by atomic mass is 9.76. The molecular formula is C21H19FN3O4+. The molecule has 0 aromatic heterocycles. The van der Waals surface area contributed by atoms with Crippen molar-refractivity contribution in [1.29, 1.82) is 0 Å². The summed E-state index contributed by atoms with van der Waals surface area (Å²) in [6.45, 7) is 1.55. The first-order valence-electron chi connectivity index (χ1n) is 9.44. The number of hydrogen-bond donors (Lipinski definition) is 3. The van der Waals surface area contributed by atoms with Crippen molar-refractivity contribution in [1.82, 2.24) is 0 Å². The average Bonchev–Trinajstić information content (AvgIpc) is 3.28. The number of quaternary nitrogens is 1.